The summed E-state index contributed by atoms with van der Waals surface area (Å²) < 4.78 is 12.1. The first-order chi connectivity index (χ1) is 11.5. The van der Waals surface area contributed by atoms with E-state index in [0.717, 1.165) is 27.2 Å². The zero-order valence-electron chi connectivity index (χ0n) is 13.9. The third kappa shape index (κ3) is 5.69. The molecule has 24 heavy (non-hydrogen) atoms. The number of methoxy groups -OCH3 is 1. The summed E-state index contributed by atoms with van der Waals surface area (Å²) in [6.45, 7) is 4.57. The van der Waals surface area contributed by atoms with E-state index in [-0.39, 0.29) is 6.10 Å². The molecule has 0 aliphatic heterocycles. The number of anilines is 1. The molecular formula is C18H21BrN2O2S. The predicted octanol–water partition coefficient (Wildman–Crippen LogP) is 4.73. The Kier molecular flexibility index (Phi) is 6.87. The molecule has 0 radical (unpaired) electrons. The number of nitrogens with one attached hydrogen (secondary N) is 2. The van der Waals surface area contributed by atoms with Crippen molar-refractivity contribution in [3.05, 3.63) is 52.5 Å². The van der Waals surface area contributed by atoms with Crippen molar-refractivity contribution < 1.29 is 9.47 Å². The molecule has 2 rings (SSSR count). The lowest BCUT2D eigenvalue weighted by atomic mass is 10.2. The molecule has 0 fully saturated rings. The van der Waals surface area contributed by atoms with Crippen LogP contribution in [0.25, 0.3) is 0 Å². The van der Waals surface area contributed by atoms with Crippen LogP contribution in [0.2, 0.25) is 0 Å². The maximum absolute atomic E-state index is 5.72. The van der Waals surface area contributed by atoms with E-state index in [1.165, 1.54) is 0 Å². The van der Waals surface area contributed by atoms with Crippen LogP contribution in [0.3, 0.4) is 0 Å². The largest absolute Gasteiger partial charge is 0.493 e. The van der Waals surface area contributed by atoms with Gasteiger partial charge in [0.1, 0.15) is 0 Å². The Hall–Kier alpha value is -1.79. The van der Waals surface area contributed by atoms with Gasteiger partial charge in [0.15, 0.2) is 16.6 Å². The molecule has 0 spiro atoms. The number of hydrogen-bond acceptors (Lipinski definition) is 3. The Balaban J connectivity index is 1.93. The topological polar surface area (TPSA) is 42.5 Å². The van der Waals surface area contributed by atoms with Gasteiger partial charge in [0, 0.05) is 16.7 Å². The number of ether oxygens (including phenoxy) is 2. The molecular weight excluding hydrogens is 388 g/mol. The van der Waals surface area contributed by atoms with E-state index in [2.05, 4.69) is 26.6 Å². The predicted molar refractivity (Wildman–Crippen MR) is 106 cm³/mol. The molecule has 0 aliphatic rings. The standard InChI is InChI=1S/C18H21BrN2O2S/c1-12(2)23-16-9-4-13(10-17(16)22-3)11-20-18(24)21-15-7-5-14(19)6-8-15/h4-10,12H,11H2,1-3H3,(H2,20,21,24). The zero-order valence-corrected chi connectivity index (χ0v) is 16.3. The highest BCUT2D eigenvalue weighted by Gasteiger charge is 2.08. The Labute approximate surface area is 156 Å². The minimum absolute atomic E-state index is 0.102. The summed E-state index contributed by atoms with van der Waals surface area (Å²) in [4.78, 5) is 0. The molecule has 2 aromatic rings. The van der Waals surface area contributed by atoms with Crippen molar-refractivity contribution in [3.8, 4) is 11.5 Å². The van der Waals surface area contributed by atoms with E-state index < -0.39 is 0 Å². The van der Waals surface area contributed by atoms with Gasteiger partial charge in [0.05, 0.1) is 13.2 Å². The van der Waals surface area contributed by atoms with E-state index in [1.807, 2.05) is 56.3 Å². The quantitative estimate of drug-likeness (QED) is 0.676. The third-order valence-electron chi connectivity index (χ3n) is 3.15. The van der Waals surface area contributed by atoms with Crippen LogP contribution in [-0.4, -0.2) is 18.3 Å². The van der Waals surface area contributed by atoms with Gasteiger partial charge in [-0.1, -0.05) is 22.0 Å². The first kappa shape index (κ1) is 18.5. The van der Waals surface area contributed by atoms with E-state index in [4.69, 9.17) is 21.7 Å². The van der Waals surface area contributed by atoms with E-state index >= 15 is 0 Å². The van der Waals surface area contributed by atoms with E-state index in [0.29, 0.717) is 11.7 Å². The summed E-state index contributed by atoms with van der Waals surface area (Å²) >= 11 is 8.73. The third-order valence-corrected chi connectivity index (χ3v) is 3.92. The van der Waals surface area contributed by atoms with Gasteiger partial charge in [-0.2, -0.15) is 0 Å². The molecule has 0 atom stereocenters. The van der Waals surface area contributed by atoms with Crippen molar-refractivity contribution in [1.82, 2.24) is 5.32 Å². The lowest BCUT2D eigenvalue weighted by molar-refractivity contribution is 0.230. The van der Waals surface area contributed by atoms with Crippen LogP contribution in [0.1, 0.15) is 19.4 Å². The molecule has 4 nitrogen and oxygen atoms in total. The van der Waals surface area contributed by atoms with Gasteiger partial charge in [0.25, 0.3) is 0 Å². The van der Waals surface area contributed by atoms with E-state index in [1.54, 1.807) is 7.11 Å². The molecule has 0 aromatic heterocycles. The number of thiocarbonyl (C=S) groups is 1. The van der Waals surface area contributed by atoms with E-state index in [9.17, 15) is 0 Å². The fourth-order valence-electron chi connectivity index (χ4n) is 2.06. The molecule has 0 bridgehead atoms. The van der Waals surface area contributed by atoms with Gasteiger partial charge >= 0.3 is 0 Å². The Morgan fingerprint density at radius 1 is 1.12 bits per heavy atom. The van der Waals surface area contributed by atoms with Gasteiger partial charge in [-0.3, -0.25) is 0 Å². The van der Waals surface area contributed by atoms with Crippen molar-refractivity contribution in [2.24, 2.45) is 0 Å². The Morgan fingerprint density at radius 2 is 1.83 bits per heavy atom. The number of hydrogen-bond donors (Lipinski definition) is 2. The second kappa shape index (κ2) is 8.89. The average molecular weight is 409 g/mol. The first-order valence-corrected chi connectivity index (χ1v) is 8.82. The Bertz CT molecular complexity index is 690. The SMILES string of the molecule is COc1cc(CNC(=S)Nc2ccc(Br)cc2)ccc1OC(C)C. The van der Waals surface area contributed by atoms with Crippen LogP contribution >= 0.6 is 28.1 Å². The van der Waals surface area contributed by atoms with Crippen LogP contribution < -0.4 is 20.1 Å². The molecule has 6 heteroatoms. The highest BCUT2D eigenvalue weighted by molar-refractivity contribution is 9.10. The number of rotatable bonds is 6. The van der Waals surface area contributed by atoms with Crippen LogP contribution in [0, 0.1) is 0 Å². The fraction of sp³-hybridized carbons (Fsp3) is 0.278. The van der Waals surface area contributed by atoms with Crippen LogP contribution in [0.5, 0.6) is 11.5 Å². The van der Waals surface area contributed by atoms with Gasteiger partial charge in [-0.25, -0.2) is 0 Å². The van der Waals surface area contributed by atoms with Crippen molar-refractivity contribution in [2.45, 2.75) is 26.5 Å². The molecule has 0 saturated heterocycles. The molecule has 0 heterocycles. The normalized spacial score (nSPS) is 10.4. The smallest absolute Gasteiger partial charge is 0.171 e. The number of benzene rings is 2. The monoisotopic (exact) mass is 408 g/mol. The second-order valence-corrected chi connectivity index (χ2v) is 6.79. The second-order valence-electron chi connectivity index (χ2n) is 5.47. The average Bonchev–Trinajstić information content (AvgIpc) is 2.55. The van der Waals surface area contributed by atoms with Crippen LogP contribution in [0.15, 0.2) is 46.9 Å². The molecule has 2 aromatic carbocycles. The highest BCUT2D eigenvalue weighted by Crippen LogP contribution is 2.28. The summed E-state index contributed by atoms with van der Waals surface area (Å²) in [6, 6.07) is 13.7. The van der Waals surface area contributed by atoms with Crippen molar-refractivity contribution in [1.29, 1.82) is 0 Å². The number of halogens is 1. The van der Waals surface area contributed by atoms with Crippen molar-refractivity contribution >= 4 is 38.9 Å². The van der Waals surface area contributed by atoms with Crippen molar-refractivity contribution in [2.75, 3.05) is 12.4 Å². The summed E-state index contributed by atoms with van der Waals surface area (Å²) in [6.07, 6.45) is 0.102. The van der Waals surface area contributed by atoms with Gasteiger partial charge in [0.2, 0.25) is 0 Å². The van der Waals surface area contributed by atoms with Crippen LogP contribution in [0.4, 0.5) is 5.69 Å². The zero-order chi connectivity index (χ0) is 17.5. The molecule has 0 unspecified atom stereocenters. The summed E-state index contributed by atoms with van der Waals surface area (Å²) in [5, 5.41) is 6.90. The maximum atomic E-state index is 5.72. The van der Waals surface area contributed by atoms with Gasteiger partial charge in [-0.05, 0) is 68.0 Å². The minimum Gasteiger partial charge on any atom is -0.493 e. The molecule has 0 amide bonds. The fourth-order valence-corrected chi connectivity index (χ4v) is 2.52. The van der Waals surface area contributed by atoms with Gasteiger partial charge < -0.3 is 20.1 Å². The first-order valence-electron chi connectivity index (χ1n) is 7.62. The molecule has 2 N–H and O–H groups in total. The summed E-state index contributed by atoms with van der Waals surface area (Å²) in [5.41, 5.74) is 2.00. The van der Waals surface area contributed by atoms with Crippen molar-refractivity contribution in [3.63, 3.8) is 0 Å². The highest BCUT2D eigenvalue weighted by atomic mass is 79.9. The van der Waals surface area contributed by atoms with Gasteiger partial charge in [-0.15, -0.1) is 0 Å². The summed E-state index contributed by atoms with van der Waals surface area (Å²) in [5.74, 6) is 1.46. The maximum Gasteiger partial charge on any atom is 0.171 e. The molecule has 0 saturated carbocycles. The summed E-state index contributed by atoms with van der Waals surface area (Å²) in [7, 11) is 1.64. The lowest BCUT2D eigenvalue weighted by Gasteiger charge is -2.15. The Morgan fingerprint density at radius 3 is 2.46 bits per heavy atom. The minimum atomic E-state index is 0.102. The lowest BCUT2D eigenvalue weighted by Crippen LogP contribution is -2.27. The van der Waals surface area contributed by atoms with Crippen LogP contribution in [-0.2, 0) is 6.54 Å². The molecule has 128 valence electrons. The molecule has 0 aliphatic carbocycles.